The van der Waals surface area contributed by atoms with Crippen molar-refractivity contribution in [3.8, 4) is 34.0 Å². The van der Waals surface area contributed by atoms with E-state index in [1.807, 2.05) is 0 Å². The van der Waals surface area contributed by atoms with E-state index in [0.717, 1.165) is 42.0 Å². The van der Waals surface area contributed by atoms with E-state index in [9.17, 15) is 55.1 Å². The van der Waals surface area contributed by atoms with Gasteiger partial charge in [-0.05, 0) is 114 Å². The number of hydrogen-bond donors (Lipinski definition) is 5. The number of amides is 3. The molecule has 22 nitrogen and oxygen atoms in total. The fourth-order valence-corrected chi connectivity index (χ4v) is 15.2. The SMILES string of the molecule is COc1cc(F)c([C@@H]2CNC(=O)[C@H]2N)c(F)c1.COc1cc(F)c([C@@H]2CNC(=O)[C@H]2Nc2ncc(-c3ccc(Cl)cc3)o2)c(F)c1.COc1cc(F)c([C@@H]2CNC(=O)[C@H]2SC#N)c(F)c1.O=c1ccccn1C(=S)n1ccccc1=O.[N-]=[N+]=NCC(=O)c1ccc(Cl)cc1.c1ccc(P(c2ccccc2)c2ccccc2)cc1. The fourth-order valence-electron chi connectivity index (χ4n) is 11.6. The molecule has 0 saturated carbocycles. The molecular weight excluding hydrogens is 1570 g/mol. The molecule has 0 bridgehead atoms. The van der Waals surface area contributed by atoms with Crippen LogP contribution in [0.1, 0.15) is 44.8 Å². The number of azide groups is 1. The number of carbonyl (C=O) groups is 4. The van der Waals surface area contributed by atoms with Crippen molar-refractivity contribution < 1.29 is 64.1 Å². The summed E-state index contributed by atoms with van der Waals surface area (Å²) in [7, 11) is 3.50. The van der Waals surface area contributed by atoms with Crippen molar-refractivity contribution in [1.82, 2.24) is 30.1 Å². The molecule has 580 valence electrons. The van der Waals surface area contributed by atoms with Crippen molar-refractivity contribution >= 4 is 106 Å². The van der Waals surface area contributed by atoms with Crippen molar-refractivity contribution in [2.24, 2.45) is 10.8 Å². The van der Waals surface area contributed by atoms with Gasteiger partial charge in [-0.15, -0.1) is 0 Å². The highest BCUT2D eigenvalue weighted by molar-refractivity contribution is 8.05. The van der Waals surface area contributed by atoms with Gasteiger partial charge in [-0.2, -0.15) is 5.26 Å². The van der Waals surface area contributed by atoms with E-state index in [-0.39, 0.29) is 94.1 Å². The van der Waals surface area contributed by atoms with Crippen LogP contribution < -0.4 is 68.2 Å². The normalized spacial score (nSPS) is 16.2. The van der Waals surface area contributed by atoms with E-state index in [2.05, 4.69) is 127 Å². The Morgan fingerprint density at radius 2 is 1.01 bits per heavy atom. The molecule has 0 radical (unpaired) electrons. The average molecular weight is 1640 g/mol. The number of aromatic nitrogens is 3. The topological polar surface area (TPSA) is 313 Å². The van der Waals surface area contributed by atoms with E-state index in [1.54, 1.807) is 78.2 Å². The molecule has 14 rings (SSSR count). The molecule has 3 fully saturated rings. The third-order valence-corrected chi connectivity index (χ3v) is 21.4. The number of nitrogens with two attached hydrogens (primary N) is 1. The molecule has 0 spiro atoms. The zero-order valence-corrected chi connectivity index (χ0v) is 63.8. The number of hydrogen-bond acceptors (Lipinski definition) is 17. The molecule has 3 aliphatic rings. The third-order valence-electron chi connectivity index (χ3n) is 17.1. The molecule has 0 unspecified atom stereocenters. The molecule has 6 heterocycles. The fraction of sp³-hybridized carbons (Fsp3) is 0.163. The number of pyridine rings is 2. The van der Waals surface area contributed by atoms with Crippen molar-refractivity contribution in [3.05, 3.63) is 329 Å². The van der Waals surface area contributed by atoms with Gasteiger partial charge in [0.1, 0.15) is 68.8 Å². The molecule has 3 saturated heterocycles. The number of ketones is 1. The Balaban J connectivity index is 0.000000158. The Labute approximate surface area is 663 Å². The molecule has 6 N–H and O–H groups in total. The number of oxazole rings is 1. The summed E-state index contributed by atoms with van der Waals surface area (Å²) < 4.78 is 107. The Morgan fingerprint density at radius 1 is 0.611 bits per heavy atom. The zero-order chi connectivity index (χ0) is 81.3. The molecule has 3 aromatic heterocycles. The Hall–Kier alpha value is -12.1. The van der Waals surface area contributed by atoms with Crippen LogP contribution in [-0.2, 0) is 14.4 Å². The minimum absolute atomic E-state index is 0.0610. The van der Waals surface area contributed by atoms with Crippen molar-refractivity contribution in [3.63, 3.8) is 0 Å². The molecule has 11 aromatic rings. The van der Waals surface area contributed by atoms with Gasteiger partial charge >= 0.3 is 0 Å². The number of thioether (sulfide) groups is 1. The van der Waals surface area contributed by atoms with Gasteiger partial charge in [0, 0.05) is 141 Å². The van der Waals surface area contributed by atoms with Gasteiger partial charge in [0.25, 0.3) is 17.1 Å². The van der Waals surface area contributed by atoms with Crippen LogP contribution in [0.5, 0.6) is 17.2 Å². The Bertz CT molecular complexity index is 5170. The lowest BCUT2D eigenvalue weighted by atomic mass is 9.93. The highest BCUT2D eigenvalue weighted by Gasteiger charge is 2.42. The van der Waals surface area contributed by atoms with Crippen molar-refractivity contribution in [2.45, 2.75) is 35.1 Å². The molecule has 3 aliphatic heterocycles. The number of benzene rings is 8. The molecule has 113 heavy (non-hydrogen) atoms. The summed E-state index contributed by atoms with van der Waals surface area (Å²) in [6, 6.07) is 59.7. The summed E-state index contributed by atoms with van der Waals surface area (Å²) in [5, 5.41) is 28.7. The maximum atomic E-state index is 14.5. The first-order valence-corrected chi connectivity index (χ1v) is 37.2. The molecule has 6 atom stereocenters. The minimum Gasteiger partial charge on any atom is -0.497 e. The number of halogens is 8. The molecule has 8 aromatic carbocycles. The number of Topliss-reactive ketones (excluding diaryl/α,β-unsaturated/α-hetero) is 1. The Morgan fingerprint density at radius 3 is 1.42 bits per heavy atom. The second-order valence-electron chi connectivity index (χ2n) is 24.1. The number of nitriles is 1. The number of nitrogens with one attached hydrogen (secondary N) is 4. The number of methoxy groups -OCH3 is 3. The van der Waals surface area contributed by atoms with Gasteiger partial charge in [0.2, 0.25) is 17.7 Å². The minimum atomic E-state index is -0.955. The number of anilines is 1. The summed E-state index contributed by atoms with van der Waals surface area (Å²) in [5.74, 6) is -7.53. The Kier molecular flexibility index (Phi) is 31.0. The third kappa shape index (κ3) is 22.4. The lowest BCUT2D eigenvalue weighted by Crippen LogP contribution is -2.35. The smallest absolute Gasteiger partial charge is 0.295 e. The van der Waals surface area contributed by atoms with Gasteiger partial charge < -0.3 is 45.6 Å². The summed E-state index contributed by atoms with van der Waals surface area (Å²) in [4.78, 5) is 75.9. The number of ether oxygens (including phenoxy) is 3. The molecule has 0 aliphatic carbocycles. The molecular formula is C80H67Cl2F6N12O10PS2. The predicted octanol–water partition coefficient (Wildman–Crippen LogP) is 13.2. The highest BCUT2D eigenvalue weighted by Crippen LogP contribution is 2.38. The number of nitrogens with zero attached hydrogens (tertiary/aromatic N) is 7. The van der Waals surface area contributed by atoms with Crippen molar-refractivity contribution in [2.75, 3.05) is 52.8 Å². The number of thiocarbonyl (C=S) groups is 1. The first-order valence-electron chi connectivity index (χ1n) is 33.8. The van der Waals surface area contributed by atoms with E-state index >= 15 is 0 Å². The lowest BCUT2D eigenvalue weighted by molar-refractivity contribution is -0.120. The predicted molar refractivity (Wildman–Crippen MR) is 425 cm³/mol. The summed E-state index contributed by atoms with van der Waals surface area (Å²) in [6.07, 6.45) is 4.55. The van der Waals surface area contributed by atoms with Crippen LogP contribution in [0.25, 0.3) is 21.8 Å². The maximum absolute atomic E-state index is 14.5. The van der Waals surface area contributed by atoms with Crippen LogP contribution in [0.15, 0.2) is 250 Å². The molecule has 33 heteroatoms. The van der Waals surface area contributed by atoms with Crippen LogP contribution in [-0.4, -0.2) is 108 Å². The summed E-state index contributed by atoms with van der Waals surface area (Å²) >= 11 is 17.3. The lowest BCUT2D eigenvalue weighted by Gasteiger charge is -2.19. The average Bonchev–Trinajstić information content (AvgIpc) is 1.67. The maximum Gasteiger partial charge on any atom is 0.295 e. The van der Waals surface area contributed by atoms with Gasteiger partial charge in [-0.25, -0.2) is 31.3 Å². The van der Waals surface area contributed by atoms with Crippen LogP contribution in [0.2, 0.25) is 10.0 Å². The quantitative estimate of drug-likeness (QED) is 0.00877. The van der Waals surface area contributed by atoms with E-state index in [4.69, 9.17) is 70.6 Å². The monoisotopic (exact) mass is 1630 g/mol. The van der Waals surface area contributed by atoms with Gasteiger partial charge in [0.15, 0.2) is 16.7 Å². The number of carbonyl (C=O) groups excluding carboxylic acids is 4. The van der Waals surface area contributed by atoms with E-state index in [0.29, 0.717) is 33.1 Å². The first-order chi connectivity index (χ1) is 54.5. The van der Waals surface area contributed by atoms with Crippen LogP contribution in [0.3, 0.4) is 0 Å². The summed E-state index contributed by atoms with van der Waals surface area (Å²) in [5.41, 5.74) is 13.7. The van der Waals surface area contributed by atoms with Crippen molar-refractivity contribution in [1.29, 1.82) is 5.26 Å². The van der Waals surface area contributed by atoms with Gasteiger partial charge in [-0.3, -0.25) is 37.9 Å². The number of rotatable bonds is 16. The van der Waals surface area contributed by atoms with Gasteiger partial charge in [0.05, 0.1) is 40.1 Å². The highest BCUT2D eigenvalue weighted by atomic mass is 35.5. The van der Waals surface area contributed by atoms with E-state index in [1.165, 1.54) is 77.1 Å². The zero-order valence-electron chi connectivity index (χ0n) is 59.8. The standard InChI is InChI=1S/C20H16ClF2N3O3.C18H15P.C12H10F2N2O2S.C11H12F2N2O2.C11H8N2O2S.C8H6ClN3O/c1-28-12-6-14(22)17(15(23)7-12)13-8-24-19(27)18(13)26-20-25-9-16(29-20)10-2-4-11(21)5-3-10;1-4-10-16(11-5-1)19(17-12-6-2-7-13-17)18-14-8-3-9-15-18;1-18-6-2-8(13)10(9(14)3-6)7-4-16-12(17)11(7)19-5-15;1-17-5-2-7(12)9(8(13)3-5)6-4-15-11(16)10(6)14;14-9-5-1-3-7-12(9)11(16)13-8-4-2-6-10(13)15;9-7-3-1-6(2-4-7)8(13)5-11-12-10/h2-7,9,13,18H,8H2,1H3,(H,24,27)(H,25,26);1-15H;2-3,7,11H,4H2,1H3,(H,16,17);2-3,6,10H,4,14H2,1H3,(H,15,16);1-8H;1-4H,5H2/t13-,18-;;7-,11-;6-,10-;;/m0.00../s1. The summed E-state index contributed by atoms with van der Waals surface area (Å²) in [6.45, 7) is 0.165. The number of thiocyanates is 1. The van der Waals surface area contributed by atoms with Crippen LogP contribution >= 0.6 is 55.1 Å². The second-order valence-corrected chi connectivity index (χ2v) is 28.5. The first kappa shape index (κ1) is 85.0. The molecule has 3 amide bonds. The van der Waals surface area contributed by atoms with Crippen LogP contribution in [0.4, 0.5) is 32.4 Å². The van der Waals surface area contributed by atoms with Crippen LogP contribution in [0, 0.1) is 45.6 Å². The van der Waals surface area contributed by atoms with Gasteiger partial charge in [-0.1, -0.05) is 131 Å². The largest absolute Gasteiger partial charge is 0.497 e. The van der Waals surface area contributed by atoms with E-state index < -0.39 is 89.7 Å². The second kappa shape index (κ2) is 41.3.